The van der Waals surface area contributed by atoms with E-state index >= 15 is 0 Å². The van der Waals surface area contributed by atoms with Crippen LogP contribution >= 0.6 is 11.6 Å². The van der Waals surface area contributed by atoms with Crippen molar-refractivity contribution in [2.45, 2.75) is 65.5 Å². The minimum Gasteiger partial charge on any atom is -0.310 e. The van der Waals surface area contributed by atoms with Gasteiger partial charge in [-0.15, -0.1) is 0 Å². The lowest BCUT2D eigenvalue weighted by Gasteiger charge is -2.39. The SMILES string of the molecule is CCC(C)(C)C1CCC(NCc2cccc(Cl)c2F)CC1. The van der Waals surface area contributed by atoms with Crippen molar-refractivity contribution in [2.24, 2.45) is 11.3 Å². The van der Waals surface area contributed by atoms with Gasteiger partial charge in [-0.2, -0.15) is 0 Å². The predicted octanol–water partition coefficient (Wildman–Crippen LogP) is 5.56. The highest BCUT2D eigenvalue weighted by Crippen LogP contribution is 2.40. The molecule has 0 aromatic heterocycles. The van der Waals surface area contributed by atoms with Gasteiger partial charge in [0.15, 0.2) is 0 Å². The fourth-order valence-corrected chi connectivity index (χ4v) is 3.50. The highest BCUT2D eigenvalue weighted by Gasteiger charge is 2.31. The third-order valence-corrected chi connectivity index (χ3v) is 5.65. The zero-order chi connectivity index (χ0) is 15.5. The van der Waals surface area contributed by atoms with Crippen LogP contribution in [0, 0.1) is 17.2 Å². The topological polar surface area (TPSA) is 12.0 Å². The molecule has 3 heteroatoms. The summed E-state index contributed by atoms with van der Waals surface area (Å²) in [5, 5.41) is 3.71. The Morgan fingerprint density at radius 3 is 2.52 bits per heavy atom. The molecule has 1 fully saturated rings. The van der Waals surface area contributed by atoms with Crippen molar-refractivity contribution in [3.8, 4) is 0 Å². The highest BCUT2D eigenvalue weighted by molar-refractivity contribution is 6.30. The second kappa shape index (κ2) is 7.11. The zero-order valence-corrected chi connectivity index (χ0v) is 14.1. The Bertz CT molecular complexity index is 464. The van der Waals surface area contributed by atoms with E-state index in [1.165, 1.54) is 32.1 Å². The monoisotopic (exact) mass is 311 g/mol. The van der Waals surface area contributed by atoms with Crippen LogP contribution in [0.2, 0.25) is 5.02 Å². The molecule has 1 aliphatic rings. The Hall–Kier alpha value is -0.600. The second-order valence-electron chi connectivity index (χ2n) is 6.98. The summed E-state index contributed by atoms with van der Waals surface area (Å²) in [5.74, 6) is 0.538. The van der Waals surface area contributed by atoms with E-state index in [4.69, 9.17) is 11.6 Å². The van der Waals surface area contributed by atoms with E-state index in [9.17, 15) is 4.39 Å². The normalized spacial score (nSPS) is 23.3. The van der Waals surface area contributed by atoms with Crippen LogP contribution < -0.4 is 5.32 Å². The van der Waals surface area contributed by atoms with Crippen molar-refractivity contribution in [3.05, 3.63) is 34.6 Å². The first-order valence-corrected chi connectivity index (χ1v) is 8.48. The standard InChI is InChI=1S/C18H27ClFN/c1-4-18(2,3)14-8-10-15(11-9-14)21-12-13-6-5-7-16(19)17(13)20/h5-7,14-15,21H,4,8-12H2,1-3H3. The van der Waals surface area contributed by atoms with Crippen molar-refractivity contribution < 1.29 is 4.39 Å². The van der Waals surface area contributed by atoms with Crippen LogP contribution in [0.5, 0.6) is 0 Å². The largest absolute Gasteiger partial charge is 0.310 e. The maximum absolute atomic E-state index is 13.8. The van der Waals surface area contributed by atoms with Crippen LogP contribution in [-0.2, 0) is 6.54 Å². The minimum absolute atomic E-state index is 0.211. The molecule has 1 N–H and O–H groups in total. The highest BCUT2D eigenvalue weighted by atomic mass is 35.5. The third kappa shape index (κ3) is 4.20. The number of benzene rings is 1. The Morgan fingerprint density at radius 2 is 1.90 bits per heavy atom. The molecule has 0 unspecified atom stereocenters. The molecule has 0 atom stereocenters. The average Bonchev–Trinajstić information content (AvgIpc) is 2.49. The van der Waals surface area contributed by atoms with E-state index in [-0.39, 0.29) is 10.8 Å². The number of hydrogen-bond donors (Lipinski definition) is 1. The quantitative estimate of drug-likeness (QED) is 0.750. The predicted molar refractivity (Wildman–Crippen MR) is 88.1 cm³/mol. The summed E-state index contributed by atoms with van der Waals surface area (Å²) in [6, 6.07) is 5.72. The molecule has 1 aromatic carbocycles. The average molecular weight is 312 g/mol. The fourth-order valence-electron chi connectivity index (χ4n) is 3.31. The summed E-state index contributed by atoms with van der Waals surface area (Å²) in [4.78, 5) is 0. The van der Waals surface area contributed by atoms with Gasteiger partial charge in [0, 0.05) is 18.2 Å². The van der Waals surface area contributed by atoms with Crippen molar-refractivity contribution in [2.75, 3.05) is 0 Å². The summed E-state index contributed by atoms with van der Waals surface area (Å²) in [6.45, 7) is 7.62. The first-order valence-electron chi connectivity index (χ1n) is 8.10. The van der Waals surface area contributed by atoms with Crippen molar-refractivity contribution in [3.63, 3.8) is 0 Å². The molecule has 118 valence electrons. The molecule has 0 amide bonds. The van der Waals surface area contributed by atoms with E-state index in [0.29, 0.717) is 23.6 Å². The molecule has 0 radical (unpaired) electrons. The van der Waals surface area contributed by atoms with Gasteiger partial charge in [-0.1, -0.05) is 50.9 Å². The van der Waals surface area contributed by atoms with Crippen molar-refractivity contribution in [1.29, 1.82) is 0 Å². The minimum atomic E-state index is -0.285. The lowest BCUT2D eigenvalue weighted by Crippen LogP contribution is -2.36. The molecule has 1 aromatic rings. The summed E-state index contributed by atoms with van der Waals surface area (Å²) in [6.07, 6.45) is 6.17. The molecule has 1 saturated carbocycles. The molecule has 0 heterocycles. The summed E-state index contributed by atoms with van der Waals surface area (Å²) in [7, 11) is 0. The first kappa shape index (κ1) is 16.8. The van der Waals surface area contributed by atoms with E-state index in [2.05, 4.69) is 26.1 Å². The van der Waals surface area contributed by atoms with E-state index in [1.54, 1.807) is 12.1 Å². The van der Waals surface area contributed by atoms with Crippen molar-refractivity contribution >= 4 is 11.6 Å². The molecule has 2 rings (SSSR count). The van der Waals surface area contributed by atoms with Gasteiger partial charge in [-0.05, 0) is 43.1 Å². The molecule has 0 aliphatic heterocycles. The molecule has 0 spiro atoms. The Morgan fingerprint density at radius 1 is 1.24 bits per heavy atom. The van der Waals surface area contributed by atoms with Crippen LogP contribution in [0.1, 0.15) is 58.4 Å². The maximum Gasteiger partial charge on any atom is 0.146 e. The van der Waals surface area contributed by atoms with Crippen LogP contribution in [0.15, 0.2) is 18.2 Å². The Kier molecular flexibility index (Phi) is 5.67. The van der Waals surface area contributed by atoms with E-state index in [1.807, 2.05) is 6.07 Å². The zero-order valence-electron chi connectivity index (χ0n) is 13.4. The summed E-state index contributed by atoms with van der Waals surface area (Å²) < 4.78 is 13.8. The Balaban J connectivity index is 1.83. The Labute approximate surface area is 133 Å². The second-order valence-corrected chi connectivity index (χ2v) is 7.39. The molecular weight excluding hydrogens is 285 g/mol. The van der Waals surface area contributed by atoms with Gasteiger partial charge >= 0.3 is 0 Å². The molecular formula is C18H27ClFN. The van der Waals surface area contributed by atoms with Crippen LogP contribution in [0.25, 0.3) is 0 Å². The molecule has 0 bridgehead atoms. The first-order chi connectivity index (χ1) is 9.94. The van der Waals surface area contributed by atoms with E-state index < -0.39 is 0 Å². The molecule has 1 nitrogen and oxygen atoms in total. The van der Waals surface area contributed by atoms with E-state index in [0.717, 1.165) is 5.92 Å². The van der Waals surface area contributed by atoms with Gasteiger partial charge in [0.25, 0.3) is 0 Å². The van der Waals surface area contributed by atoms with Crippen LogP contribution in [0.3, 0.4) is 0 Å². The van der Waals surface area contributed by atoms with Gasteiger partial charge in [0.1, 0.15) is 5.82 Å². The molecule has 0 saturated heterocycles. The fraction of sp³-hybridized carbons (Fsp3) is 0.667. The lowest BCUT2D eigenvalue weighted by molar-refractivity contribution is 0.136. The van der Waals surface area contributed by atoms with Gasteiger partial charge in [0.05, 0.1) is 5.02 Å². The van der Waals surface area contributed by atoms with Crippen molar-refractivity contribution in [1.82, 2.24) is 5.32 Å². The molecule has 1 aliphatic carbocycles. The number of halogens is 2. The van der Waals surface area contributed by atoms with Gasteiger partial charge in [-0.3, -0.25) is 0 Å². The number of rotatable bonds is 5. The summed E-state index contributed by atoms with van der Waals surface area (Å²) in [5.41, 5.74) is 1.11. The number of nitrogens with one attached hydrogen (secondary N) is 1. The van der Waals surface area contributed by atoms with Crippen LogP contribution in [-0.4, -0.2) is 6.04 Å². The van der Waals surface area contributed by atoms with Gasteiger partial charge < -0.3 is 5.32 Å². The number of hydrogen-bond acceptors (Lipinski definition) is 1. The smallest absolute Gasteiger partial charge is 0.146 e. The maximum atomic E-state index is 13.8. The summed E-state index contributed by atoms with van der Waals surface area (Å²) >= 11 is 5.82. The lowest BCUT2D eigenvalue weighted by atomic mass is 9.69. The van der Waals surface area contributed by atoms with Crippen LogP contribution in [0.4, 0.5) is 4.39 Å². The molecule has 21 heavy (non-hydrogen) atoms. The third-order valence-electron chi connectivity index (χ3n) is 5.36. The van der Waals surface area contributed by atoms with Gasteiger partial charge in [0.2, 0.25) is 0 Å². The van der Waals surface area contributed by atoms with Gasteiger partial charge in [-0.25, -0.2) is 4.39 Å².